The van der Waals surface area contributed by atoms with Crippen LogP contribution in [0, 0.1) is 0 Å². The number of benzene rings is 1. The largest absolute Gasteiger partial charge is 0.493 e. The van der Waals surface area contributed by atoms with Crippen molar-refractivity contribution >= 4 is 11.6 Å². The molecule has 1 rings (SSSR count). The van der Waals surface area contributed by atoms with Gasteiger partial charge >= 0.3 is 0 Å². The monoisotopic (exact) mass is 258 g/mol. The molecule has 0 amide bonds. The van der Waals surface area contributed by atoms with E-state index in [2.05, 4.69) is 0 Å². The highest BCUT2D eigenvalue weighted by Crippen LogP contribution is 2.23. The van der Waals surface area contributed by atoms with Gasteiger partial charge in [0.2, 0.25) is 0 Å². The smallest absolute Gasteiger partial charge is 0.124 e. The van der Waals surface area contributed by atoms with Crippen LogP contribution in [0.3, 0.4) is 0 Å². The lowest BCUT2D eigenvalue weighted by molar-refractivity contribution is 0.256. The maximum Gasteiger partial charge on any atom is 0.124 e. The van der Waals surface area contributed by atoms with Crippen LogP contribution in [0.2, 0.25) is 5.02 Å². The van der Waals surface area contributed by atoms with Gasteiger partial charge in [0.05, 0.1) is 13.2 Å². The summed E-state index contributed by atoms with van der Waals surface area (Å²) in [5.74, 6) is 0.694. The number of hydrogen-bond acceptors (Lipinski definition) is 3. The Bertz CT molecular complexity index is 328. The van der Waals surface area contributed by atoms with Crippen molar-refractivity contribution in [3.05, 3.63) is 28.8 Å². The fourth-order valence-corrected chi connectivity index (χ4v) is 1.76. The minimum absolute atomic E-state index is 0.0690. The van der Waals surface area contributed by atoms with Crippen LogP contribution in [-0.4, -0.2) is 23.4 Å². The Labute approximate surface area is 107 Å². The molecule has 17 heavy (non-hydrogen) atoms. The number of unbranched alkanes of at least 4 members (excludes halogenated alkanes) is 3. The Morgan fingerprint density at radius 2 is 1.82 bits per heavy atom. The summed E-state index contributed by atoms with van der Waals surface area (Å²) in [6.45, 7) is 0.813. The molecule has 0 atom stereocenters. The zero-order chi connectivity index (χ0) is 12.5. The molecule has 4 heteroatoms. The van der Waals surface area contributed by atoms with E-state index in [4.69, 9.17) is 26.6 Å². The quantitative estimate of drug-likeness (QED) is 0.705. The molecule has 96 valence electrons. The SMILES string of the molecule is OCCCCCCOc1ccc(Cl)cc1CO. The molecule has 1 aromatic carbocycles. The second-order valence-electron chi connectivity index (χ2n) is 3.90. The van der Waals surface area contributed by atoms with E-state index in [1.54, 1.807) is 18.2 Å². The van der Waals surface area contributed by atoms with Crippen molar-refractivity contribution in [3.63, 3.8) is 0 Å². The van der Waals surface area contributed by atoms with Gasteiger partial charge in [0.1, 0.15) is 5.75 Å². The predicted molar refractivity (Wildman–Crippen MR) is 68.4 cm³/mol. The van der Waals surface area contributed by atoms with Gasteiger partial charge in [-0.2, -0.15) is 0 Å². The summed E-state index contributed by atoms with van der Waals surface area (Å²) < 4.78 is 5.58. The molecule has 0 bridgehead atoms. The van der Waals surface area contributed by atoms with Crippen molar-refractivity contribution in [2.24, 2.45) is 0 Å². The molecule has 0 saturated heterocycles. The first-order valence-electron chi connectivity index (χ1n) is 5.91. The van der Waals surface area contributed by atoms with Gasteiger partial charge < -0.3 is 14.9 Å². The Hall–Kier alpha value is -0.770. The van der Waals surface area contributed by atoms with Crippen LogP contribution < -0.4 is 4.74 Å². The first-order chi connectivity index (χ1) is 8.27. The lowest BCUT2D eigenvalue weighted by Crippen LogP contribution is -2.00. The van der Waals surface area contributed by atoms with Gasteiger partial charge in [-0.05, 0) is 37.5 Å². The second-order valence-corrected chi connectivity index (χ2v) is 4.33. The summed E-state index contributed by atoms with van der Waals surface area (Å²) in [4.78, 5) is 0. The average molecular weight is 259 g/mol. The number of hydrogen-bond donors (Lipinski definition) is 2. The Balaban J connectivity index is 2.31. The van der Waals surface area contributed by atoms with Crippen LogP contribution in [0.5, 0.6) is 5.75 Å². The molecule has 0 radical (unpaired) electrons. The number of ether oxygens (including phenoxy) is 1. The van der Waals surface area contributed by atoms with E-state index in [1.807, 2.05) is 0 Å². The molecule has 0 unspecified atom stereocenters. The zero-order valence-electron chi connectivity index (χ0n) is 9.86. The lowest BCUT2D eigenvalue weighted by atomic mass is 10.2. The van der Waals surface area contributed by atoms with Gasteiger partial charge in [0, 0.05) is 17.2 Å². The minimum atomic E-state index is -0.0690. The van der Waals surface area contributed by atoms with Crippen LogP contribution in [0.4, 0.5) is 0 Å². The number of halogens is 1. The molecule has 0 aliphatic carbocycles. The van der Waals surface area contributed by atoms with Gasteiger partial charge in [0.25, 0.3) is 0 Å². The van der Waals surface area contributed by atoms with E-state index >= 15 is 0 Å². The van der Waals surface area contributed by atoms with Crippen LogP contribution in [0.15, 0.2) is 18.2 Å². The second kappa shape index (κ2) is 8.34. The summed E-state index contributed by atoms with van der Waals surface area (Å²) in [7, 11) is 0. The molecule has 0 aromatic heterocycles. The van der Waals surface area contributed by atoms with Gasteiger partial charge in [-0.3, -0.25) is 0 Å². The van der Waals surface area contributed by atoms with E-state index in [1.165, 1.54) is 0 Å². The van der Waals surface area contributed by atoms with Gasteiger partial charge in [-0.15, -0.1) is 0 Å². The van der Waals surface area contributed by atoms with Gasteiger partial charge in [-0.1, -0.05) is 18.0 Å². The van der Waals surface area contributed by atoms with Crippen molar-refractivity contribution in [1.29, 1.82) is 0 Å². The number of aliphatic hydroxyl groups is 2. The van der Waals surface area contributed by atoms with E-state index in [0.29, 0.717) is 22.9 Å². The van der Waals surface area contributed by atoms with E-state index in [0.717, 1.165) is 25.7 Å². The fourth-order valence-electron chi connectivity index (χ4n) is 1.56. The summed E-state index contributed by atoms with van der Waals surface area (Å²) in [6, 6.07) is 5.24. The average Bonchev–Trinajstić information content (AvgIpc) is 2.35. The first-order valence-corrected chi connectivity index (χ1v) is 6.28. The summed E-state index contributed by atoms with van der Waals surface area (Å²) >= 11 is 5.82. The fraction of sp³-hybridized carbons (Fsp3) is 0.538. The van der Waals surface area contributed by atoms with Gasteiger partial charge in [-0.25, -0.2) is 0 Å². The topological polar surface area (TPSA) is 49.7 Å². The van der Waals surface area contributed by atoms with E-state index in [9.17, 15) is 0 Å². The van der Waals surface area contributed by atoms with Crippen LogP contribution in [0.1, 0.15) is 31.2 Å². The number of rotatable bonds is 8. The molecule has 0 spiro atoms. The van der Waals surface area contributed by atoms with Crippen LogP contribution >= 0.6 is 11.6 Å². The van der Waals surface area contributed by atoms with Crippen molar-refractivity contribution in [2.75, 3.05) is 13.2 Å². The third-order valence-corrected chi connectivity index (χ3v) is 2.74. The zero-order valence-corrected chi connectivity index (χ0v) is 10.6. The van der Waals surface area contributed by atoms with Crippen molar-refractivity contribution in [2.45, 2.75) is 32.3 Å². The molecule has 3 nitrogen and oxygen atoms in total. The third kappa shape index (κ3) is 5.39. The van der Waals surface area contributed by atoms with Gasteiger partial charge in [0.15, 0.2) is 0 Å². The van der Waals surface area contributed by atoms with E-state index in [-0.39, 0.29) is 13.2 Å². The van der Waals surface area contributed by atoms with Crippen molar-refractivity contribution in [1.82, 2.24) is 0 Å². The Morgan fingerprint density at radius 1 is 1.06 bits per heavy atom. The molecular formula is C13H19ClO3. The summed E-state index contributed by atoms with van der Waals surface area (Å²) in [5, 5.41) is 18.4. The minimum Gasteiger partial charge on any atom is -0.493 e. The molecular weight excluding hydrogens is 240 g/mol. The highest BCUT2D eigenvalue weighted by molar-refractivity contribution is 6.30. The maximum absolute atomic E-state index is 9.15. The normalized spacial score (nSPS) is 10.5. The van der Waals surface area contributed by atoms with Crippen LogP contribution in [0.25, 0.3) is 0 Å². The molecule has 0 saturated carbocycles. The summed E-state index contributed by atoms with van der Waals surface area (Å²) in [6.07, 6.45) is 3.87. The summed E-state index contributed by atoms with van der Waals surface area (Å²) in [5.41, 5.74) is 0.716. The Morgan fingerprint density at radius 3 is 2.53 bits per heavy atom. The first kappa shape index (κ1) is 14.3. The molecule has 1 aromatic rings. The highest BCUT2D eigenvalue weighted by Gasteiger charge is 2.03. The van der Waals surface area contributed by atoms with Crippen LogP contribution in [-0.2, 0) is 6.61 Å². The predicted octanol–water partition coefficient (Wildman–Crippen LogP) is 2.76. The maximum atomic E-state index is 9.15. The molecule has 2 N–H and O–H groups in total. The van der Waals surface area contributed by atoms with Crippen molar-refractivity contribution in [3.8, 4) is 5.75 Å². The number of aliphatic hydroxyl groups excluding tert-OH is 2. The molecule has 0 fully saturated rings. The molecule has 0 aliphatic rings. The molecule has 0 aliphatic heterocycles. The third-order valence-electron chi connectivity index (χ3n) is 2.50. The lowest BCUT2D eigenvalue weighted by Gasteiger charge is -2.10. The highest BCUT2D eigenvalue weighted by atomic mass is 35.5. The Kier molecular flexibility index (Phi) is 7.01. The van der Waals surface area contributed by atoms with E-state index < -0.39 is 0 Å². The molecule has 0 heterocycles. The van der Waals surface area contributed by atoms with Crippen molar-refractivity contribution < 1.29 is 14.9 Å². The standard InChI is InChI=1S/C13H19ClO3/c14-12-5-6-13(11(9-12)10-16)17-8-4-2-1-3-7-15/h5-6,9,15-16H,1-4,7-8,10H2.